The number of methoxy groups -OCH3 is 1. The van der Waals surface area contributed by atoms with E-state index in [4.69, 9.17) is 4.74 Å². The molecule has 3 rings (SSSR count). The Morgan fingerprint density at radius 1 is 1.04 bits per heavy atom. The molecule has 140 valence electrons. The molecule has 2 aromatic carbocycles. The van der Waals surface area contributed by atoms with Crippen LogP contribution in [0.25, 0.3) is 0 Å². The molecule has 0 atom stereocenters. The molecule has 0 radical (unpaired) electrons. The van der Waals surface area contributed by atoms with Gasteiger partial charge in [0.1, 0.15) is 11.6 Å². The predicted octanol–water partition coefficient (Wildman–Crippen LogP) is 3.81. The van der Waals surface area contributed by atoms with Gasteiger partial charge in [-0.05, 0) is 54.4 Å². The van der Waals surface area contributed by atoms with E-state index in [1.54, 1.807) is 43.6 Å². The molecule has 0 unspecified atom stereocenters. The summed E-state index contributed by atoms with van der Waals surface area (Å²) < 4.78 is 32.5. The molecule has 1 aromatic heterocycles. The third-order valence-electron chi connectivity index (χ3n) is 3.96. The summed E-state index contributed by atoms with van der Waals surface area (Å²) in [6.45, 7) is 2.47. The average molecular weight is 383 g/mol. The lowest BCUT2D eigenvalue weighted by molar-refractivity contribution is 0.414. The molecule has 0 spiro atoms. The van der Waals surface area contributed by atoms with Gasteiger partial charge < -0.3 is 10.1 Å². The molecule has 3 aromatic rings. The number of ether oxygens (including phenoxy) is 1. The molecular formula is C20H21N3O3S. The van der Waals surface area contributed by atoms with Crippen molar-refractivity contribution < 1.29 is 13.2 Å². The molecule has 1 heterocycles. The number of sulfonamides is 1. The summed E-state index contributed by atoms with van der Waals surface area (Å²) in [6, 6.07) is 17.9. The molecular weight excluding hydrogens is 362 g/mol. The summed E-state index contributed by atoms with van der Waals surface area (Å²) in [5, 5.41) is 3.25. The molecule has 0 saturated heterocycles. The summed E-state index contributed by atoms with van der Waals surface area (Å²) in [5.41, 5.74) is 2.77. The molecule has 0 aliphatic carbocycles. The highest BCUT2D eigenvalue weighted by Crippen LogP contribution is 2.18. The maximum atomic E-state index is 12.4. The Morgan fingerprint density at radius 2 is 1.81 bits per heavy atom. The molecule has 0 bridgehead atoms. The lowest BCUT2D eigenvalue weighted by Crippen LogP contribution is -2.14. The number of pyridine rings is 1. The number of nitrogens with zero attached hydrogens (tertiary/aromatic N) is 1. The van der Waals surface area contributed by atoms with E-state index in [1.807, 2.05) is 37.3 Å². The topological polar surface area (TPSA) is 80.3 Å². The van der Waals surface area contributed by atoms with Crippen molar-refractivity contribution in [2.45, 2.75) is 18.4 Å². The molecule has 2 N–H and O–H groups in total. The maximum absolute atomic E-state index is 12.4. The van der Waals surface area contributed by atoms with Crippen LogP contribution in [0.15, 0.2) is 71.8 Å². The van der Waals surface area contributed by atoms with Gasteiger partial charge in [0, 0.05) is 6.54 Å². The fourth-order valence-electron chi connectivity index (χ4n) is 2.49. The van der Waals surface area contributed by atoms with Gasteiger partial charge in [0.15, 0.2) is 0 Å². The zero-order chi connectivity index (χ0) is 19.3. The van der Waals surface area contributed by atoms with Crippen molar-refractivity contribution in [1.82, 2.24) is 4.98 Å². The quantitative estimate of drug-likeness (QED) is 0.648. The summed E-state index contributed by atoms with van der Waals surface area (Å²) in [4.78, 5) is 4.39. The molecule has 27 heavy (non-hydrogen) atoms. The molecule has 0 fully saturated rings. The molecule has 7 heteroatoms. The first kappa shape index (κ1) is 18.7. The fraction of sp³-hybridized carbons (Fsp3) is 0.150. The van der Waals surface area contributed by atoms with E-state index in [0.29, 0.717) is 6.54 Å². The van der Waals surface area contributed by atoms with E-state index in [1.165, 1.54) is 0 Å². The molecule has 0 saturated carbocycles. The Morgan fingerprint density at radius 3 is 2.44 bits per heavy atom. The number of aryl methyl sites for hydroxylation is 1. The van der Waals surface area contributed by atoms with E-state index >= 15 is 0 Å². The third kappa shape index (κ3) is 4.98. The standard InChI is InChI=1S/C20H21N3O3S/c1-15-4-3-5-19(12-15)27(24,25)23-20-11-8-17(14-22-20)21-13-16-6-9-18(26-2)10-7-16/h3-12,14,21H,13H2,1-2H3,(H,22,23). The van der Waals surface area contributed by atoms with Crippen LogP contribution in [0.4, 0.5) is 11.5 Å². The van der Waals surface area contributed by atoms with Gasteiger partial charge in [-0.25, -0.2) is 13.4 Å². The minimum atomic E-state index is -3.66. The summed E-state index contributed by atoms with van der Waals surface area (Å²) in [6.07, 6.45) is 1.59. The Hall–Kier alpha value is -3.06. The largest absolute Gasteiger partial charge is 0.497 e. The normalized spacial score (nSPS) is 11.0. The molecule has 0 aliphatic rings. The van der Waals surface area contributed by atoms with E-state index in [0.717, 1.165) is 22.6 Å². The van der Waals surface area contributed by atoms with Crippen LogP contribution >= 0.6 is 0 Å². The fourth-order valence-corrected chi connectivity index (χ4v) is 3.60. The van der Waals surface area contributed by atoms with Crippen molar-refractivity contribution in [3.8, 4) is 5.75 Å². The Labute approximate surface area is 159 Å². The van der Waals surface area contributed by atoms with Crippen LogP contribution in [0, 0.1) is 6.92 Å². The number of hydrogen-bond donors (Lipinski definition) is 2. The second-order valence-electron chi connectivity index (χ2n) is 6.06. The van der Waals surface area contributed by atoms with Crippen molar-refractivity contribution >= 4 is 21.5 Å². The zero-order valence-corrected chi connectivity index (χ0v) is 16.0. The first-order chi connectivity index (χ1) is 13.0. The minimum Gasteiger partial charge on any atom is -0.497 e. The van der Waals surface area contributed by atoms with Gasteiger partial charge in [0.25, 0.3) is 10.0 Å². The van der Waals surface area contributed by atoms with Crippen molar-refractivity contribution in [3.63, 3.8) is 0 Å². The van der Waals surface area contributed by atoms with Crippen LogP contribution in [0.1, 0.15) is 11.1 Å². The van der Waals surface area contributed by atoms with Crippen molar-refractivity contribution in [3.05, 3.63) is 78.0 Å². The Balaban J connectivity index is 1.62. The molecule has 0 amide bonds. The van der Waals surface area contributed by atoms with Crippen LogP contribution in [0.3, 0.4) is 0 Å². The highest BCUT2D eigenvalue weighted by Gasteiger charge is 2.14. The highest BCUT2D eigenvalue weighted by molar-refractivity contribution is 7.92. The van der Waals surface area contributed by atoms with Gasteiger partial charge in [0.05, 0.1) is 23.9 Å². The smallest absolute Gasteiger partial charge is 0.263 e. The van der Waals surface area contributed by atoms with E-state index in [9.17, 15) is 8.42 Å². The third-order valence-corrected chi connectivity index (χ3v) is 5.31. The van der Waals surface area contributed by atoms with E-state index in [-0.39, 0.29) is 10.7 Å². The van der Waals surface area contributed by atoms with Gasteiger partial charge in [-0.3, -0.25) is 4.72 Å². The van der Waals surface area contributed by atoms with Gasteiger partial charge >= 0.3 is 0 Å². The SMILES string of the molecule is COc1ccc(CNc2ccc(NS(=O)(=O)c3cccc(C)c3)nc2)cc1. The number of anilines is 2. The summed E-state index contributed by atoms with van der Waals surface area (Å²) in [7, 11) is -2.02. The number of nitrogens with one attached hydrogen (secondary N) is 2. The van der Waals surface area contributed by atoms with E-state index in [2.05, 4.69) is 15.0 Å². The minimum absolute atomic E-state index is 0.214. The van der Waals surface area contributed by atoms with Crippen LogP contribution in [-0.2, 0) is 16.6 Å². The van der Waals surface area contributed by atoms with Gasteiger partial charge in [0.2, 0.25) is 0 Å². The van der Waals surface area contributed by atoms with Crippen LogP contribution in [-0.4, -0.2) is 20.5 Å². The van der Waals surface area contributed by atoms with Crippen molar-refractivity contribution in [1.29, 1.82) is 0 Å². The van der Waals surface area contributed by atoms with Gasteiger partial charge in [-0.2, -0.15) is 0 Å². The van der Waals surface area contributed by atoms with Crippen molar-refractivity contribution in [2.75, 3.05) is 17.1 Å². The van der Waals surface area contributed by atoms with Gasteiger partial charge in [-0.1, -0.05) is 24.3 Å². The summed E-state index contributed by atoms with van der Waals surface area (Å²) >= 11 is 0. The second kappa shape index (κ2) is 8.09. The average Bonchev–Trinajstić information content (AvgIpc) is 2.67. The predicted molar refractivity (Wildman–Crippen MR) is 107 cm³/mol. The lowest BCUT2D eigenvalue weighted by atomic mass is 10.2. The monoisotopic (exact) mass is 383 g/mol. The highest BCUT2D eigenvalue weighted by atomic mass is 32.2. The second-order valence-corrected chi connectivity index (χ2v) is 7.74. The van der Waals surface area contributed by atoms with Gasteiger partial charge in [-0.15, -0.1) is 0 Å². The molecule has 6 nitrogen and oxygen atoms in total. The first-order valence-electron chi connectivity index (χ1n) is 8.38. The Kier molecular flexibility index (Phi) is 5.61. The lowest BCUT2D eigenvalue weighted by Gasteiger charge is -2.10. The number of hydrogen-bond acceptors (Lipinski definition) is 5. The van der Waals surface area contributed by atoms with Crippen LogP contribution in [0.5, 0.6) is 5.75 Å². The van der Waals surface area contributed by atoms with Crippen LogP contribution in [0.2, 0.25) is 0 Å². The first-order valence-corrected chi connectivity index (χ1v) is 9.87. The zero-order valence-electron chi connectivity index (χ0n) is 15.1. The van der Waals surface area contributed by atoms with E-state index < -0.39 is 10.0 Å². The molecule has 0 aliphatic heterocycles. The number of aromatic nitrogens is 1. The van der Waals surface area contributed by atoms with Crippen molar-refractivity contribution in [2.24, 2.45) is 0 Å². The Bertz CT molecular complexity index is 1000. The van der Waals surface area contributed by atoms with Crippen LogP contribution < -0.4 is 14.8 Å². The maximum Gasteiger partial charge on any atom is 0.263 e. The summed E-state index contributed by atoms with van der Waals surface area (Å²) in [5.74, 6) is 1.08. The number of benzene rings is 2. The number of rotatable bonds is 7.